The average molecular weight is 469 g/mol. The Bertz CT molecular complexity index is 1260. The molecule has 1 heterocycles. The normalized spacial score (nSPS) is 13.0. The van der Waals surface area contributed by atoms with Gasteiger partial charge in [-0.1, -0.05) is 30.3 Å². The second-order valence-electron chi connectivity index (χ2n) is 7.42. The van der Waals surface area contributed by atoms with Gasteiger partial charge in [0.2, 0.25) is 0 Å². The highest BCUT2D eigenvalue weighted by atomic mass is 32.2. The Labute approximate surface area is 192 Å². The number of benzene rings is 3. The molecule has 1 N–H and O–H groups in total. The molecule has 0 atom stereocenters. The Balaban J connectivity index is 1.45. The van der Waals surface area contributed by atoms with Crippen molar-refractivity contribution in [2.75, 3.05) is 29.0 Å². The standard InChI is InChI=1S/C24H24N2O4S2/c1-17-15-19(32(28,29)26-14-13-18-7-3-5-9-21(18)26)11-12-22(17)30-16-24(27)25-20-8-4-6-10-23(20)31-2/h3-12,15H,13-14,16H2,1-2H3,(H,25,27). The number of aryl methyl sites for hydroxylation is 1. The molecular weight excluding hydrogens is 444 g/mol. The zero-order chi connectivity index (χ0) is 22.7. The van der Waals surface area contributed by atoms with Crippen LogP contribution in [0.1, 0.15) is 11.1 Å². The van der Waals surface area contributed by atoms with Crippen LogP contribution in [0.5, 0.6) is 5.75 Å². The highest BCUT2D eigenvalue weighted by Gasteiger charge is 2.30. The fourth-order valence-corrected chi connectivity index (χ4v) is 5.85. The number of thioether (sulfide) groups is 1. The second-order valence-corrected chi connectivity index (χ2v) is 10.1. The molecule has 0 aliphatic carbocycles. The molecule has 0 unspecified atom stereocenters. The van der Waals surface area contributed by atoms with Crippen LogP contribution in [0.15, 0.2) is 76.5 Å². The first-order valence-corrected chi connectivity index (χ1v) is 12.8. The minimum Gasteiger partial charge on any atom is -0.483 e. The van der Waals surface area contributed by atoms with Crippen LogP contribution >= 0.6 is 11.8 Å². The van der Waals surface area contributed by atoms with Crippen molar-refractivity contribution in [1.82, 2.24) is 0 Å². The quantitative estimate of drug-likeness (QED) is 0.517. The molecule has 3 aromatic rings. The first-order chi connectivity index (χ1) is 15.4. The molecule has 0 saturated heterocycles. The average Bonchev–Trinajstić information content (AvgIpc) is 3.23. The molecule has 0 bridgehead atoms. The third-order valence-electron chi connectivity index (χ3n) is 5.32. The van der Waals surface area contributed by atoms with Gasteiger partial charge < -0.3 is 10.1 Å². The van der Waals surface area contributed by atoms with Gasteiger partial charge in [0.15, 0.2) is 6.61 Å². The van der Waals surface area contributed by atoms with Gasteiger partial charge in [0, 0.05) is 11.4 Å². The first kappa shape index (κ1) is 22.2. The Hall–Kier alpha value is -2.97. The molecule has 0 saturated carbocycles. The number of hydrogen-bond donors (Lipinski definition) is 1. The maximum absolute atomic E-state index is 13.2. The van der Waals surface area contributed by atoms with Crippen LogP contribution in [-0.2, 0) is 21.2 Å². The van der Waals surface area contributed by atoms with Gasteiger partial charge in [0.05, 0.1) is 16.3 Å². The number of nitrogens with zero attached hydrogens (tertiary/aromatic N) is 1. The van der Waals surface area contributed by atoms with Crippen molar-refractivity contribution in [3.05, 3.63) is 77.9 Å². The van der Waals surface area contributed by atoms with Gasteiger partial charge >= 0.3 is 0 Å². The van der Waals surface area contributed by atoms with E-state index in [9.17, 15) is 13.2 Å². The molecule has 1 amide bonds. The van der Waals surface area contributed by atoms with Crippen molar-refractivity contribution in [2.24, 2.45) is 0 Å². The summed E-state index contributed by atoms with van der Waals surface area (Å²) in [5.74, 6) is 0.190. The Morgan fingerprint density at radius 3 is 2.62 bits per heavy atom. The lowest BCUT2D eigenvalue weighted by atomic mass is 10.2. The number of amides is 1. The molecule has 0 radical (unpaired) electrons. The molecule has 6 nitrogen and oxygen atoms in total. The van der Waals surface area contributed by atoms with Crippen molar-refractivity contribution in [1.29, 1.82) is 0 Å². The molecular formula is C24H24N2O4S2. The Kier molecular flexibility index (Phi) is 6.43. The molecule has 0 fully saturated rings. The monoisotopic (exact) mass is 468 g/mol. The number of carbonyl (C=O) groups excluding carboxylic acids is 1. The van der Waals surface area contributed by atoms with Gasteiger partial charge in [-0.2, -0.15) is 0 Å². The molecule has 0 aromatic heterocycles. The smallest absolute Gasteiger partial charge is 0.264 e. The summed E-state index contributed by atoms with van der Waals surface area (Å²) in [6, 6.07) is 19.8. The first-order valence-electron chi connectivity index (χ1n) is 10.2. The van der Waals surface area contributed by atoms with E-state index in [1.165, 1.54) is 10.4 Å². The minimum absolute atomic E-state index is 0.171. The summed E-state index contributed by atoms with van der Waals surface area (Å²) < 4.78 is 33.5. The number of anilines is 2. The molecule has 0 spiro atoms. The van der Waals surface area contributed by atoms with E-state index >= 15 is 0 Å². The molecule has 32 heavy (non-hydrogen) atoms. The number of fused-ring (bicyclic) bond motifs is 1. The zero-order valence-corrected chi connectivity index (χ0v) is 19.5. The topological polar surface area (TPSA) is 75.7 Å². The molecule has 4 rings (SSSR count). The van der Waals surface area contributed by atoms with Crippen LogP contribution in [0.25, 0.3) is 0 Å². The van der Waals surface area contributed by atoms with Gasteiger partial charge in [0.25, 0.3) is 15.9 Å². The summed E-state index contributed by atoms with van der Waals surface area (Å²) in [4.78, 5) is 13.5. The number of ether oxygens (including phenoxy) is 1. The predicted octanol–water partition coefficient (Wildman–Crippen LogP) is 4.49. The predicted molar refractivity (Wildman–Crippen MR) is 128 cm³/mol. The van der Waals surface area contributed by atoms with Crippen LogP contribution in [-0.4, -0.2) is 33.7 Å². The maximum atomic E-state index is 13.2. The van der Waals surface area contributed by atoms with E-state index in [1.807, 2.05) is 54.8 Å². The molecule has 3 aromatic carbocycles. The Morgan fingerprint density at radius 2 is 1.84 bits per heavy atom. The highest BCUT2D eigenvalue weighted by Crippen LogP contribution is 2.33. The number of carbonyl (C=O) groups is 1. The number of sulfonamides is 1. The van der Waals surface area contributed by atoms with Gasteiger partial charge in [-0.05, 0) is 67.1 Å². The van der Waals surface area contributed by atoms with Gasteiger partial charge in [-0.25, -0.2) is 8.42 Å². The summed E-state index contributed by atoms with van der Waals surface area (Å²) in [5, 5.41) is 2.85. The van der Waals surface area contributed by atoms with Crippen molar-refractivity contribution in [2.45, 2.75) is 23.1 Å². The summed E-state index contributed by atoms with van der Waals surface area (Å²) in [6.45, 7) is 2.03. The van der Waals surface area contributed by atoms with E-state index < -0.39 is 10.0 Å². The van der Waals surface area contributed by atoms with Crippen LogP contribution < -0.4 is 14.4 Å². The largest absolute Gasteiger partial charge is 0.483 e. The summed E-state index contributed by atoms with van der Waals surface area (Å²) in [6.07, 6.45) is 2.64. The number of nitrogens with one attached hydrogen (secondary N) is 1. The van der Waals surface area contributed by atoms with Gasteiger partial charge in [-0.3, -0.25) is 9.10 Å². The lowest BCUT2D eigenvalue weighted by molar-refractivity contribution is -0.118. The van der Waals surface area contributed by atoms with E-state index in [-0.39, 0.29) is 17.4 Å². The number of hydrogen-bond acceptors (Lipinski definition) is 5. The summed E-state index contributed by atoms with van der Waals surface area (Å²) >= 11 is 1.55. The van der Waals surface area contributed by atoms with Crippen molar-refractivity contribution < 1.29 is 17.9 Å². The zero-order valence-electron chi connectivity index (χ0n) is 17.9. The SMILES string of the molecule is CSc1ccccc1NC(=O)COc1ccc(S(=O)(=O)N2CCc3ccccc32)cc1C. The van der Waals surface area contributed by atoms with Crippen LogP contribution in [0.4, 0.5) is 11.4 Å². The molecule has 1 aliphatic heterocycles. The van der Waals surface area contributed by atoms with E-state index in [2.05, 4.69) is 5.32 Å². The lowest BCUT2D eigenvalue weighted by Gasteiger charge is -2.20. The van der Waals surface area contributed by atoms with Crippen molar-refractivity contribution in [3.8, 4) is 5.75 Å². The van der Waals surface area contributed by atoms with Crippen LogP contribution in [0.3, 0.4) is 0 Å². The molecule has 166 valence electrons. The van der Waals surface area contributed by atoms with Crippen molar-refractivity contribution >= 4 is 39.1 Å². The van der Waals surface area contributed by atoms with E-state index in [0.29, 0.717) is 24.3 Å². The fourth-order valence-electron chi connectivity index (χ4n) is 3.71. The molecule has 8 heteroatoms. The number of rotatable bonds is 7. The van der Waals surface area contributed by atoms with Gasteiger partial charge in [0.1, 0.15) is 5.75 Å². The van der Waals surface area contributed by atoms with E-state index in [1.54, 1.807) is 30.8 Å². The maximum Gasteiger partial charge on any atom is 0.264 e. The van der Waals surface area contributed by atoms with Crippen LogP contribution in [0, 0.1) is 6.92 Å². The minimum atomic E-state index is -3.67. The third kappa shape index (κ3) is 4.47. The summed E-state index contributed by atoms with van der Waals surface area (Å²) in [7, 11) is -3.67. The second kappa shape index (κ2) is 9.26. The highest BCUT2D eigenvalue weighted by molar-refractivity contribution is 7.98. The van der Waals surface area contributed by atoms with Gasteiger partial charge in [-0.15, -0.1) is 11.8 Å². The third-order valence-corrected chi connectivity index (χ3v) is 7.92. The van der Waals surface area contributed by atoms with Crippen molar-refractivity contribution in [3.63, 3.8) is 0 Å². The van der Waals surface area contributed by atoms with Crippen LogP contribution in [0.2, 0.25) is 0 Å². The van der Waals surface area contributed by atoms with E-state index in [4.69, 9.17) is 4.74 Å². The van der Waals surface area contributed by atoms with E-state index in [0.717, 1.165) is 21.8 Å². The fraction of sp³-hybridized carbons (Fsp3) is 0.208. The Morgan fingerprint density at radius 1 is 1.09 bits per heavy atom. The lowest BCUT2D eigenvalue weighted by Crippen LogP contribution is -2.29. The number of para-hydroxylation sites is 2. The summed E-state index contributed by atoms with van der Waals surface area (Å²) in [5.41, 5.74) is 3.14. The molecule has 1 aliphatic rings.